The molecule has 23 heavy (non-hydrogen) atoms. The topological polar surface area (TPSA) is 75.8 Å². The van der Waals surface area contributed by atoms with Gasteiger partial charge in [-0.2, -0.15) is 0 Å². The molecule has 2 aliphatic rings. The second-order valence-electron chi connectivity index (χ2n) is 5.95. The summed E-state index contributed by atoms with van der Waals surface area (Å²) in [4.78, 5) is 14.2. The average Bonchev–Trinajstić information content (AvgIpc) is 3.11. The summed E-state index contributed by atoms with van der Waals surface area (Å²) < 4.78 is 10.7. The molecule has 1 aliphatic carbocycles. The lowest BCUT2D eigenvalue weighted by Crippen LogP contribution is -2.35. The van der Waals surface area contributed by atoms with Gasteiger partial charge in [-0.15, -0.1) is 0 Å². The zero-order valence-corrected chi connectivity index (χ0v) is 12.7. The lowest BCUT2D eigenvalue weighted by atomic mass is 10.1. The quantitative estimate of drug-likeness (QED) is 0.912. The van der Waals surface area contributed by atoms with Crippen molar-refractivity contribution in [2.45, 2.75) is 25.3 Å². The number of rotatable bonds is 5. The van der Waals surface area contributed by atoms with Gasteiger partial charge >= 0.3 is 0 Å². The van der Waals surface area contributed by atoms with Crippen LogP contribution in [0.15, 0.2) is 28.8 Å². The van der Waals surface area contributed by atoms with Crippen molar-refractivity contribution in [3.05, 3.63) is 35.6 Å². The Morgan fingerprint density at radius 3 is 3.00 bits per heavy atom. The molecule has 1 fully saturated rings. The van der Waals surface area contributed by atoms with Gasteiger partial charge in [-0.25, -0.2) is 0 Å². The minimum atomic E-state index is -0.204. The van der Waals surface area contributed by atoms with E-state index >= 15 is 0 Å². The number of fused-ring (bicyclic) bond motifs is 1. The summed E-state index contributed by atoms with van der Waals surface area (Å²) in [7, 11) is 0. The summed E-state index contributed by atoms with van der Waals surface area (Å²) in [5.41, 5.74) is 2.71. The normalized spacial score (nSPS) is 16.0. The van der Waals surface area contributed by atoms with Crippen LogP contribution in [0.3, 0.4) is 0 Å². The van der Waals surface area contributed by atoms with Crippen molar-refractivity contribution in [2.75, 3.05) is 19.8 Å². The summed E-state index contributed by atoms with van der Waals surface area (Å²) >= 11 is 0. The van der Waals surface area contributed by atoms with Crippen molar-refractivity contribution in [1.82, 2.24) is 10.1 Å². The van der Waals surface area contributed by atoms with Gasteiger partial charge in [0.05, 0.1) is 13.2 Å². The zero-order valence-electron chi connectivity index (χ0n) is 12.7. The summed E-state index contributed by atoms with van der Waals surface area (Å²) in [5, 5.41) is 13.2. The van der Waals surface area contributed by atoms with Crippen molar-refractivity contribution >= 4 is 5.91 Å². The van der Waals surface area contributed by atoms with Crippen LogP contribution in [0.4, 0.5) is 0 Å². The van der Waals surface area contributed by atoms with Gasteiger partial charge in [0.15, 0.2) is 0 Å². The van der Waals surface area contributed by atoms with E-state index in [0.29, 0.717) is 18.8 Å². The molecule has 0 radical (unpaired) electrons. The van der Waals surface area contributed by atoms with E-state index in [4.69, 9.17) is 14.4 Å². The first kappa shape index (κ1) is 14.3. The number of carbonyl (C=O) groups excluding carboxylic acids is 1. The number of carbonyl (C=O) groups is 1. The Morgan fingerprint density at radius 2 is 2.22 bits per heavy atom. The second-order valence-corrected chi connectivity index (χ2v) is 5.95. The number of nitrogens with zero attached hydrogens (tertiary/aromatic N) is 2. The number of benzene rings is 1. The smallest absolute Gasteiger partial charge is 0.292 e. The molecule has 1 N–H and O–H groups in total. The highest BCUT2D eigenvalue weighted by Crippen LogP contribution is 2.31. The van der Waals surface area contributed by atoms with Crippen LogP contribution < -0.4 is 4.74 Å². The van der Waals surface area contributed by atoms with Gasteiger partial charge in [0.1, 0.15) is 11.4 Å². The van der Waals surface area contributed by atoms with Gasteiger partial charge in [-0.05, 0) is 36.6 Å². The Labute approximate surface area is 133 Å². The largest absolute Gasteiger partial charge is 0.493 e. The van der Waals surface area contributed by atoms with Crippen molar-refractivity contribution in [2.24, 2.45) is 0 Å². The van der Waals surface area contributed by atoms with E-state index in [1.165, 1.54) is 0 Å². The minimum absolute atomic E-state index is 0.0476. The lowest BCUT2D eigenvalue weighted by molar-refractivity contribution is 0.0666. The second kappa shape index (κ2) is 5.70. The molecular weight excluding hydrogens is 296 g/mol. The maximum absolute atomic E-state index is 12.5. The Hall–Kier alpha value is -2.34. The number of aliphatic hydroxyl groups is 1. The molecule has 120 valence electrons. The standard InChI is InChI=1S/C17H18N2O4/c20-7-6-19(13-2-3-13)17(21)16-10-14(18-23-16)11-1-4-15-12(9-11)5-8-22-15/h1,4,9-10,13,20H,2-3,5-8H2. The first-order valence-electron chi connectivity index (χ1n) is 7.91. The molecular formula is C17H18N2O4. The summed E-state index contributed by atoms with van der Waals surface area (Å²) in [6, 6.07) is 7.77. The number of aromatic nitrogens is 1. The fraction of sp³-hybridized carbons (Fsp3) is 0.412. The lowest BCUT2D eigenvalue weighted by Gasteiger charge is -2.19. The monoisotopic (exact) mass is 314 g/mol. The third-order valence-electron chi connectivity index (χ3n) is 4.30. The molecule has 0 saturated heterocycles. The van der Waals surface area contributed by atoms with Crippen molar-refractivity contribution in [3.63, 3.8) is 0 Å². The van der Waals surface area contributed by atoms with E-state index in [1.54, 1.807) is 11.0 Å². The third kappa shape index (κ3) is 2.70. The molecule has 4 rings (SSSR count). The molecule has 6 nitrogen and oxygen atoms in total. The predicted octanol–water partition coefficient (Wildman–Crippen LogP) is 1.87. The van der Waals surface area contributed by atoms with Crippen LogP contribution in [-0.2, 0) is 6.42 Å². The van der Waals surface area contributed by atoms with Crippen LogP contribution >= 0.6 is 0 Å². The molecule has 1 aromatic heterocycles. The molecule has 0 bridgehead atoms. The number of hydrogen-bond acceptors (Lipinski definition) is 5. The molecule has 1 aliphatic heterocycles. The number of aliphatic hydroxyl groups excluding tert-OH is 1. The SMILES string of the molecule is O=C(c1cc(-c2ccc3c(c2)CCO3)no1)N(CCO)C1CC1. The Kier molecular flexibility index (Phi) is 3.53. The van der Waals surface area contributed by atoms with Crippen molar-refractivity contribution in [1.29, 1.82) is 0 Å². The molecule has 0 spiro atoms. The van der Waals surface area contributed by atoms with Gasteiger partial charge in [-0.1, -0.05) is 5.16 Å². The maximum Gasteiger partial charge on any atom is 0.292 e. The van der Waals surface area contributed by atoms with E-state index in [2.05, 4.69) is 5.16 Å². The Balaban J connectivity index is 1.57. The highest BCUT2D eigenvalue weighted by Gasteiger charge is 2.34. The van der Waals surface area contributed by atoms with E-state index < -0.39 is 0 Å². The van der Waals surface area contributed by atoms with Gasteiger partial charge in [0.2, 0.25) is 5.76 Å². The van der Waals surface area contributed by atoms with E-state index in [9.17, 15) is 4.79 Å². The Morgan fingerprint density at radius 1 is 1.35 bits per heavy atom. The first-order chi connectivity index (χ1) is 11.3. The van der Waals surface area contributed by atoms with Gasteiger partial charge in [-0.3, -0.25) is 4.79 Å². The molecule has 2 aromatic rings. The summed E-state index contributed by atoms with van der Waals surface area (Å²) in [6.45, 7) is 0.989. The first-order valence-corrected chi connectivity index (χ1v) is 7.91. The van der Waals surface area contributed by atoms with E-state index in [1.807, 2.05) is 18.2 Å². The van der Waals surface area contributed by atoms with Crippen LogP contribution in [0.5, 0.6) is 5.75 Å². The zero-order chi connectivity index (χ0) is 15.8. The number of amides is 1. The highest BCUT2D eigenvalue weighted by atomic mass is 16.5. The van der Waals surface area contributed by atoms with Gasteiger partial charge in [0, 0.05) is 30.6 Å². The minimum Gasteiger partial charge on any atom is -0.493 e. The molecule has 1 aromatic carbocycles. The van der Waals surface area contributed by atoms with Crippen LogP contribution in [0, 0.1) is 0 Å². The van der Waals surface area contributed by atoms with E-state index in [0.717, 1.165) is 36.1 Å². The summed E-state index contributed by atoms with van der Waals surface area (Å²) in [6.07, 6.45) is 2.86. The van der Waals surface area contributed by atoms with Gasteiger partial charge in [0.25, 0.3) is 5.91 Å². The van der Waals surface area contributed by atoms with E-state index in [-0.39, 0.29) is 24.3 Å². The molecule has 0 unspecified atom stereocenters. The van der Waals surface area contributed by atoms with Crippen molar-refractivity contribution in [3.8, 4) is 17.0 Å². The van der Waals surface area contributed by atoms with Crippen LogP contribution in [0.1, 0.15) is 29.0 Å². The number of hydrogen-bond donors (Lipinski definition) is 1. The highest BCUT2D eigenvalue weighted by molar-refractivity contribution is 5.92. The summed E-state index contributed by atoms with van der Waals surface area (Å²) in [5.74, 6) is 0.929. The molecule has 6 heteroatoms. The average molecular weight is 314 g/mol. The molecule has 1 saturated carbocycles. The fourth-order valence-electron chi connectivity index (χ4n) is 2.94. The third-order valence-corrected chi connectivity index (χ3v) is 4.30. The van der Waals surface area contributed by atoms with Crippen LogP contribution in [-0.4, -0.2) is 46.9 Å². The van der Waals surface area contributed by atoms with Gasteiger partial charge < -0.3 is 19.3 Å². The van der Waals surface area contributed by atoms with Crippen LogP contribution in [0.25, 0.3) is 11.3 Å². The molecule has 1 amide bonds. The number of ether oxygens (including phenoxy) is 1. The Bertz CT molecular complexity index is 736. The molecule has 0 atom stereocenters. The molecule has 2 heterocycles. The fourth-order valence-corrected chi connectivity index (χ4v) is 2.94. The maximum atomic E-state index is 12.5. The van der Waals surface area contributed by atoms with Crippen molar-refractivity contribution < 1.29 is 19.2 Å². The predicted molar refractivity (Wildman–Crippen MR) is 82.3 cm³/mol. The van der Waals surface area contributed by atoms with Crippen LogP contribution in [0.2, 0.25) is 0 Å².